The topological polar surface area (TPSA) is 110 Å². The number of methoxy groups -OCH3 is 1. The van der Waals surface area contributed by atoms with Crippen LogP contribution in [0.5, 0.6) is 5.75 Å². The predicted octanol–water partition coefficient (Wildman–Crippen LogP) is 1.99. The lowest BCUT2D eigenvalue weighted by molar-refractivity contribution is -0.305. The van der Waals surface area contributed by atoms with E-state index in [9.17, 15) is 15.0 Å². The third-order valence-electron chi connectivity index (χ3n) is 5.59. The molecule has 32 heavy (non-hydrogen) atoms. The molecule has 1 aliphatic heterocycles. The highest BCUT2D eigenvalue weighted by Crippen LogP contribution is 2.34. The van der Waals surface area contributed by atoms with Crippen molar-refractivity contribution in [2.24, 2.45) is 0 Å². The molecule has 0 unspecified atom stereocenters. The summed E-state index contributed by atoms with van der Waals surface area (Å²) < 4.78 is 17.2. The second-order valence-corrected chi connectivity index (χ2v) is 8.65. The zero-order chi connectivity index (χ0) is 23.5. The lowest BCUT2D eigenvalue weighted by Crippen LogP contribution is -2.63. The van der Waals surface area contributed by atoms with Crippen molar-refractivity contribution in [2.45, 2.75) is 64.3 Å². The van der Waals surface area contributed by atoms with Crippen molar-refractivity contribution < 1.29 is 29.2 Å². The van der Waals surface area contributed by atoms with Crippen molar-refractivity contribution in [3.8, 4) is 16.9 Å². The van der Waals surface area contributed by atoms with Crippen LogP contribution in [0.1, 0.15) is 31.9 Å². The van der Waals surface area contributed by atoms with Crippen molar-refractivity contribution in [1.29, 1.82) is 0 Å². The van der Waals surface area contributed by atoms with Crippen molar-refractivity contribution in [1.82, 2.24) is 10.3 Å². The van der Waals surface area contributed by atoms with Crippen LogP contribution in [-0.4, -0.2) is 65.0 Å². The molecule has 4 atom stereocenters. The number of ether oxygens (including phenoxy) is 3. The lowest BCUT2D eigenvalue weighted by Gasteiger charge is -2.46. The first-order valence-electron chi connectivity index (χ1n) is 10.6. The number of aromatic nitrogens is 1. The van der Waals surface area contributed by atoms with Crippen molar-refractivity contribution >= 4 is 5.91 Å². The van der Waals surface area contributed by atoms with E-state index in [0.29, 0.717) is 18.7 Å². The van der Waals surface area contributed by atoms with Crippen molar-refractivity contribution in [2.75, 3.05) is 13.7 Å². The molecular weight excluding hydrogens is 412 g/mol. The molecular formula is C24H32N2O6. The SMILES string of the molecule is CO[C@@H]1[C@@H](O)[C@@H](O)[C@H](Oc2ccc(CCNC(C)=O)c(-c3cncc(C)c3)c2)OC1(C)C. The van der Waals surface area contributed by atoms with Gasteiger partial charge in [-0.1, -0.05) is 6.07 Å². The van der Waals surface area contributed by atoms with E-state index in [1.54, 1.807) is 32.3 Å². The first-order valence-corrected chi connectivity index (χ1v) is 10.6. The van der Waals surface area contributed by atoms with E-state index in [1.807, 2.05) is 25.1 Å². The Morgan fingerprint density at radius 1 is 1.22 bits per heavy atom. The molecule has 3 rings (SSSR count). The quantitative estimate of drug-likeness (QED) is 0.599. The van der Waals surface area contributed by atoms with Crippen LogP contribution in [0.4, 0.5) is 0 Å². The molecule has 1 aromatic carbocycles. The second kappa shape index (κ2) is 9.95. The molecule has 8 nitrogen and oxygen atoms in total. The Labute approximate surface area is 188 Å². The number of nitrogens with one attached hydrogen (secondary N) is 1. The van der Waals surface area contributed by atoms with Crippen LogP contribution in [0.2, 0.25) is 0 Å². The normalized spacial score (nSPS) is 24.7. The standard InChI is InChI=1S/C24H32N2O6/c1-14-10-17(13-25-12-14)19-11-18(7-6-16(19)8-9-26-15(2)27)31-23-21(29)20(28)22(30-5)24(3,4)32-23/h6-7,10-13,20-23,28-29H,8-9H2,1-5H3,(H,26,27)/t20-,21+,22+,23+/m0/s1. The minimum Gasteiger partial charge on any atom is -0.462 e. The molecule has 2 heterocycles. The Balaban J connectivity index is 1.89. The summed E-state index contributed by atoms with van der Waals surface area (Å²) in [5.74, 6) is 0.399. The zero-order valence-electron chi connectivity index (χ0n) is 19.2. The van der Waals surface area contributed by atoms with Gasteiger partial charge in [-0.15, -0.1) is 0 Å². The minimum absolute atomic E-state index is 0.0808. The van der Waals surface area contributed by atoms with Crippen LogP contribution in [-0.2, 0) is 20.7 Å². The van der Waals surface area contributed by atoms with Gasteiger partial charge < -0.3 is 29.7 Å². The van der Waals surface area contributed by atoms with Crippen LogP contribution in [0, 0.1) is 6.92 Å². The molecule has 8 heteroatoms. The third-order valence-corrected chi connectivity index (χ3v) is 5.59. The van der Waals surface area contributed by atoms with Gasteiger partial charge in [0.05, 0.1) is 5.60 Å². The van der Waals surface area contributed by atoms with Crippen LogP contribution in [0.15, 0.2) is 36.7 Å². The second-order valence-electron chi connectivity index (χ2n) is 8.65. The molecule has 1 saturated heterocycles. The summed E-state index contributed by atoms with van der Waals surface area (Å²) >= 11 is 0. The van der Waals surface area contributed by atoms with Gasteiger partial charge >= 0.3 is 0 Å². The largest absolute Gasteiger partial charge is 0.462 e. The number of aliphatic hydroxyl groups excluding tert-OH is 2. The van der Waals surface area contributed by atoms with E-state index in [4.69, 9.17) is 14.2 Å². The van der Waals surface area contributed by atoms with Crippen LogP contribution >= 0.6 is 0 Å². The fourth-order valence-electron chi connectivity index (χ4n) is 4.03. The molecule has 0 spiro atoms. The van der Waals surface area contributed by atoms with E-state index < -0.39 is 30.2 Å². The van der Waals surface area contributed by atoms with Gasteiger partial charge in [-0.05, 0) is 62.1 Å². The van der Waals surface area contributed by atoms with Crippen LogP contribution in [0.25, 0.3) is 11.1 Å². The average Bonchev–Trinajstić information content (AvgIpc) is 2.72. The number of hydrogen-bond donors (Lipinski definition) is 3. The van der Waals surface area contributed by atoms with Gasteiger partial charge in [0.25, 0.3) is 0 Å². The molecule has 1 aromatic heterocycles. The Morgan fingerprint density at radius 2 is 1.97 bits per heavy atom. The minimum atomic E-state index is -1.28. The van der Waals surface area contributed by atoms with Gasteiger partial charge in [-0.25, -0.2) is 0 Å². The number of pyridine rings is 1. The molecule has 0 aliphatic carbocycles. The maximum Gasteiger partial charge on any atom is 0.229 e. The van der Waals surface area contributed by atoms with Crippen LogP contribution in [0.3, 0.4) is 0 Å². The molecule has 174 valence electrons. The Kier molecular flexibility index (Phi) is 7.51. The van der Waals surface area contributed by atoms with Gasteiger partial charge in [-0.2, -0.15) is 0 Å². The maximum atomic E-state index is 11.3. The molecule has 0 radical (unpaired) electrons. The summed E-state index contributed by atoms with van der Waals surface area (Å²) in [4.78, 5) is 15.5. The summed E-state index contributed by atoms with van der Waals surface area (Å²) in [6.45, 7) is 7.52. The summed E-state index contributed by atoms with van der Waals surface area (Å²) in [5.41, 5.74) is 2.99. The fourth-order valence-corrected chi connectivity index (χ4v) is 4.03. The average molecular weight is 445 g/mol. The molecule has 2 aromatic rings. The molecule has 1 amide bonds. The molecule has 0 bridgehead atoms. The maximum absolute atomic E-state index is 11.3. The van der Waals surface area contributed by atoms with Crippen molar-refractivity contribution in [3.05, 3.63) is 47.8 Å². The number of aliphatic hydroxyl groups is 2. The van der Waals surface area contributed by atoms with E-state index in [1.165, 1.54) is 14.0 Å². The monoisotopic (exact) mass is 444 g/mol. The number of carbonyl (C=O) groups is 1. The highest BCUT2D eigenvalue weighted by molar-refractivity contribution is 5.73. The van der Waals surface area contributed by atoms with Gasteiger partial charge in [0.1, 0.15) is 24.1 Å². The van der Waals surface area contributed by atoms with Crippen molar-refractivity contribution in [3.63, 3.8) is 0 Å². The molecule has 1 aliphatic rings. The Bertz CT molecular complexity index is 948. The summed E-state index contributed by atoms with van der Waals surface area (Å²) in [6, 6.07) is 7.59. The highest BCUT2D eigenvalue weighted by Gasteiger charge is 2.50. The number of rotatable bonds is 7. The number of benzene rings is 1. The van der Waals surface area contributed by atoms with E-state index in [2.05, 4.69) is 10.3 Å². The number of aryl methyl sites for hydroxylation is 1. The van der Waals surface area contributed by atoms with E-state index >= 15 is 0 Å². The summed E-state index contributed by atoms with van der Waals surface area (Å²) in [6.07, 6.45) is -0.0173. The smallest absolute Gasteiger partial charge is 0.229 e. The number of amides is 1. The van der Waals surface area contributed by atoms with Crippen LogP contribution < -0.4 is 10.1 Å². The third kappa shape index (κ3) is 5.45. The van der Waals surface area contributed by atoms with E-state index in [0.717, 1.165) is 22.3 Å². The first-order chi connectivity index (χ1) is 15.1. The summed E-state index contributed by atoms with van der Waals surface area (Å²) in [5, 5.41) is 23.9. The van der Waals surface area contributed by atoms with E-state index in [-0.39, 0.29) is 5.91 Å². The molecule has 3 N–H and O–H groups in total. The zero-order valence-corrected chi connectivity index (χ0v) is 19.2. The number of carbonyl (C=O) groups excluding carboxylic acids is 1. The molecule has 0 saturated carbocycles. The van der Waals surface area contributed by atoms with Gasteiger partial charge in [-0.3, -0.25) is 9.78 Å². The lowest BCUT2D eigenvalue weighted by atomic mass is 9.89. The summed E-state index contributed by atoms with van der Waals surface area (Å²) in [7, 11) is 1.47. The first kappa shape index (κ1) is 24.1. The number of nitrogens with zero attached hydrogens (tertiary/aromatic N) is 1. The fraction of sp³-hybridized carbons (Fsp3) is 0.500. The highest BCUT2D eigenvalue weighted by atomic mass is 16.7. The number of hydrogen-bond acceptors (Lipinski definition) is 7. The Morgan fingerprint density at radius 3 is 2.62 bits per heavy atom. The van der Waals surface area contributed by atoms with Gasteiger partial charge in [0, 0.05) is 38.5 Å². The molecule has 1 fully saturated rings. The van der Waals surface area contributed by atoms with Gasteiger partial charge in [0.2, 0.25) is 12.2 Å². The van der Waals surface area contributed by atoms with Gasteiger partial charge in [0.15, 0.2) is 0 Å². The Hall–Kier alpha value is -2.52. The predicted molar refractivity (Wildman–Crippen MR) is 119 cm³/mol.